The molecule has 160 valence electrons. The fraction of sp³-hybridized carbons (Fsp3) is 0.429. The number of hydrogen-bond donors (Lipinski definition) is 2. The molecule has 1 aliphatic heterocycles. The van der Waals surface area contributed by atoms with E-state index in [1.54, 1.807) is 19.5 Å². The molecule has 2 N–H and O–H groups in total. The zero-order valence-electron chi connectivity index (χ0n) is 17.3. The summed E-state index contributed by atoms with van der Waals surface area (Å²) in [5, 5.41) is 9.72. The van der Waals surface area contributed by atoms with E-state index < -0.39 is 0 Å². The summed E-state index contributed by atoms with van der Waals surface area (Å²) < 4.78 is 5.49. The molecule has 0 spiro atoms. The highest BCUT2D eigenvalue weighted by molar-refractivity contribution is 5.99. The molecule has 1 saturated carbocycles. The number of H-pyrrole nitrogens is 1. The highest BCUT2D eigenvalue weighted by Gasteiger charge is 2.29. The smallest absolute Gasteiger partial charge is 0.245 e. The average Bonchev–Trinajstić information content (AvgIpc) is 3.34. The van der Waals surface area contributed by atoms with Crippen molar-refractivity contribution in [3.05, 3.63) is 30.9 Å². The maximum atomic E-state index is 12.3. The van der Waals surface area contributed by atoms with Gasteiger partial charge >= 0.3 is 0 Å². The van der Waals surface area contributed by atoms with Crippen molar-refractivity contribution in [2.45, 2.75) is 31.8 Å². The van der Waals surface area contributed by atoms with Gasteiger partial charge in [0.05, 0.1) is 24.5 Å². The van der Waals surface area contributed by atoms with Crippen LogP contribution >= 0.6 is 0 Å². The van der Waals surface area contributed by atoms with E-state index in [0.29, 0.717) is 40.9 Å². The predicted molar refractivity (Wildman–Crippen MR) is 114 cm³/mol. The Labute approximate surface area is 179 Å². The average molecular weight is 420 g/mol. The molecule has 1 amide bonds. The first-order valence-corrected chi connectivity index (χ1v) is 10.5. The van der Waals surface area contributed by atoms with Crippen LogP contribution in [0.5, 0.6) is 0 Å². The van der Waals surface area contributed by atoms with E-state index in [-0.39, 0.29) is 12.5 Å². The van der Waals surface area contributed by atoms with Gasteiger partial charge < -0.3 is 15.0 Å². The Balaban J connectivity index is 1.45. The molecule has 5 rings (SSSR count). The highest BCUT2D eigenvalue weighted by Crippen LogP contribution is 2.34. The summed E-state index contributed by atoms with van der Waals surface area (Å²) >= 11 is 0. The number of rotatable bonds is 5. The van der Waals surface area contributed by atoms with Gasteiger partial charge in [0.1, 0.15) is 12.0 Å². The van der Waals surface area contributed by atoms with Gasteiger partial charge in [-0.1, -0.05) is 0 Å². The number of anilines is 2. The third-order valence-electron chi connectivity index (χ3n) is 5.96. The fourth-order valence-corrected chi connectivity index (χ4v) is 4.36. The number of aromatic amines is 1. The van der Waals surface area contributed by atoms with Crippen molar-refractivity contribution in [2.24, 2.45) is 5.92 Å². The van der Waals surface area contributed by atoms with Crippen molar-refractivity contribution in [3.8, 4) is 22.8 Å². The molecule has 2 aliphatic rings. The normalized spacial score (nSPS) is 20.9. The van der Waals surface area contributed by atoms with Gasteiger partial charge in [0, 0.05) is 25.4 Å². The van der Waals surface area contributed by atoms with E-state index in [9.17, 15) is 4.79 Å². The number of carbonyl (C=O) groups excluding carboxylic acids is 1. The molecular formula is C21H24N8O2. The number of pyridine rings is 1. The molecule has 3 aromatic heterocycles. The monoisotopic (exact) mass is 420 g/mol. The number of ether oxygens (including phenoxy) is 1. The lowest BCUT2D eigenvalue weighted by molar-refractivity contribution is -0.115. The van der Waals surface area contributed by atoms with E-state index in [1.807, 2.05) is 17.0 Å². The summed E-state index contributed by atoms with van der Waals surface area (Å²) in [5.41, 5.74) is 2.08. The molecule has 1 fully saturated rings. The summed E-state index contributed by atoms with van der Waals surface area (Å²) in [5.74, 6) is 2.11. The van der Waals surface area contributed by atoms with Crippen molar-refractivity contribution in [2.75, 3.05) is 30.4 Å². The number of amides is 1. The van der Waals surface area contributed by atoms with E-state index >= 15 is 0 Å². The zero-order valence-corrected chi connectivity index (χ0v) is 17.3. The Hall–Kier alpha value is -3.40. The first-order valence-electron chi connectivity index (χ1n) is 10.5. The lowest BCUT2D eigenvalue weighted by Gasteiger charge is -2.35. The molecule has 0 bridgehead atoms. The van der Waals surface area contributed by atoms with Gasteiger partial charge in [0.2, 0.25) is 5.91 Å². The van der Waals surface area contributed by atoms with Crippen LogP contribution in [0.15, 0.2) is 30.9 Å². The predicted octanol–water partition coefficient (Wildman–Crippen LogP) is 2.29. The standard InChI is InChI=1S/C21H24N8O2/c1-31-14-6-4-13(5-7-14)10-29-11-17(30)27-20-21(29)26-16(9-23-20)15-3-2-8-22-18(15)19-24-12-25-28-19/h2-3,8-9,12-14H,4-7,10-11H2,1H3,(H,23,27,30)(H,24,25,28)/t13-,14+. The van der Waals surface area contributed by atoms with Crippen LogP contribution in [-0.2, 0) is 9.53 Å². The summed E-state index contributed by atoms with van der Waals surface area (Å²) in [4.78, 5) is 32.4. The number of carbonyl (C=O) groups is 1. The van der Waals surface area contributed by atoms with Crippen LogP contribution in [0.2, 0.25) is 0 Å². The van der Waals surface area contributed by atoms with Gasteiger partial charge in [0.15, 0.2) is 17.5 Å². The molecule has 0 radical (unpaired) electrons. The van der Waals surface area contributed by atoms with Crippen molar-refractivity contribution in [3.63, 3.8) is 0 Å². The zero-order chi connectivity index (χ0) is 21.2. The largest absolute Gasteiger partial charge is 0.381 e. The number of fused-ring (bicyclic) bond motifs is 1. The Morgan fingerprint density at radius 2 is 2.06 bits per heavy atom. The van der Waals surface area contributed by atoms with Crippen molar-refractivity contribution >= 4 is 17.5 Å². The van der Waals surface area contributed by atoms with Crippen LogP contribution in [0.4, 0.5) is 11.6 Å². The minimum absolute atomic E-state index is 0.0667. The van der Waals surface area contributed by atoms with Crippen LogP contribution in [0.1, 0.15) is 25.7 Å². The second-order valence-corrected chi connectivity index (χ2v) is 7.96. The molecule has 4 heterocycles. The lowest BCUT2D eigenvalue weighted by atomic mass is 9.87. The van der Waals surface area contributed by atoms with Crippen molar-refractivity contribution < 1.29 is 9.53 Å². The molecule has 0 unspecified atom stereocenters. The lowest BCUT2D eigenvalue weighted by Crippen LogP contribution is -2.42. The van der Waals surface area contributed by atoms with Gasteiger partial charge in [-0.3, -0.25) is 14.9 Å². The third kappa shape index (κ3) is 3.98. The Bertz CT molecular complexity index is 1060. The quantitative estimate of drug-likeness (QED) is 0.645. The topological polar surface area (TPSA) is 122 Å². The maximum absolute atomic E-state index is 12.3. The van der Waals surface area contributed by atoms with Gasteiger partial charge in [-0.15, -0.1) is 0 Å². The molecule has 0 atom stereocenters. The van der Waals surface area contributed by atoms with Crippen LogP contribution in [-0.4, -0.2) is 62.3 Å². The first kappa shape index (κ1) is 19.6. The summed E-state index contributed by atoms with van der Waals surface area (Å²) in [7, 11) is 1.78. The van der Waals surface area contributed by atoms with E-state index in [4.69, 9.17) is 9.72 Å². The van der Waals surface area contributed by atoms with Gasteiger partial charge in [-0.2, -0.15) is 5.10 Å². The molecular weight excluding hydrogens is 396 g/mol. The minimum Gasteiger partial charge on any atom is -0.381 e. The van der Waals surface area contributed by atoms with E-state index in [0.717, 1.165) is 37.8 Å². The number of methoxy groups -OCH3 is 1. The van der Waals surface area contributed by atoms with Crippen molar-refractivity contribution in [1.82, 2.24) is 30.1 Å². The molecule has 0 aromatic carbocycles. The second-order valence-electron chi connectivity index (χ2n) is 7.96. The van der Waals surface area contributed by atoms with Crippen LogP contribution in [0, 0.1) is 5.92 Å². The number of aromatic nitrogens is 6. The first-order chi connectivity index (χ1) is 15.2. The SMILES string of the molecule is CO[C@H]1CC[C@@H](CN2CC(=O)Nc3ncc(-c4cccnc4-c4nc[nH]n4)nc32)CC1. The molecule has 10 heteroatoms. The second kappa shape index (κ2) is 8.38. The molecule has 31 heavy (non-hydrogen) atoms. The van der Waals surface area contributed by atoms with Crippen LogP contribution in [0.3, 0.4) is 0 Å². The molecule has 10 nitrogen and oxygen atoms in total. The van der Waals surface area contributed by atoms with Crippen molar-refractivity contribution in [1.29, 1.82) is 0 Å². The molecule has 0 saturated heterocycles. The number of nitrogens with one attached hydrogen (secondary N) is 2. The Morgan fingerprint density at radius 1 is 1.19 bits per heavy atom. The van der Waals surface area contributed by atoms with Gasteiger partial charge in [-0.05, 0) is 43.7 Å². The molecule has 1 aliphatic carbocycles. The highest BCUT2D eigenvalue weighted by atomic mass is 16.5. The maximum Gasteiger partial charge on any atom is 0.245 e. The third-order valence-corrected chi connectivity index (χ3v) is 5.96. The van der Waals surface area contributed by atoms with E-state index in [1.165, 1.54) is 6.33 Å². The summed E-state index contributed by atoms with van der Waals surface area (Å²) in [6, 6.07) is 3.77. The Morgan fingerprint density at radius 3 is 2.84 bits per heavy atom. The van der Waals surface area contributed by atoms with E-state index in [2.05, 4.69) is 30.5 Å². The molecule has 3 aromatic rings. The van der Waals surface area contributed by atoms with Crippen LogP contribution in [0.25, 0.3) is 22.8 Å². The minimum atomic E-state index is -0.0667. The van der Waals surface area contributed by atoms with Crippen LogP contribution < -0.4 is 10.2 Å². The van der Waals surface area contributed by atoms with Gasteiger partial charge in [0.25, 0.3) is 0 Å². The number of nitrogens with zero attached hydrogens (tertiary/aromatic N) is 6. The number of hydrogen-bond acceptors (Lipinski definition) is 8. The summed E-state index contributed by atoms with van der Waals surface area (Å²) in [6.45, 7) is 1.05. The Kier molecular flexibility index (Phi) is 5.29. The fourth-order valence-electron chi connectivity index (χ4n) is 4.36. The summed E-state index contributed by atoms with van der Waals surface area (Å²) in [6.07, 6.45) is 9.48. The van der Waals surface area contributed by atoms with Gasteiger partial charge in [-0.25, -0.2) is 15.0 Å².